The Morgan fingerprint density at radius 1 is 1.50 bits per heavy atom. The summed E-state index contributed by atoms with van der Waals surface area (Å²) >= 11 is 0. The number of carbonyl (C=O) groups excluding carboxylic acids is 1. The van der Waals surface area contributed by atoms with Crippen LogP contribution in [0.5, 0.6) is 0 Å². The maximum atomic E-state index is 12.0. The molecule has 0 saturated carbocycles. The van der Waals surface area contributed by atoms with Gasteiger partial charge in [0.05, 0.1) is 6.04 Å². The molecule has 0 N–H and O–H groups in total. The van der Waals surface area contributed by atoms with Gasteiger partial charge >= 0.3 is 6.09 Å². The maximum absolute atomic E-state index is 12.0. The molecule has 0 bridgehead atoms. The summed E-state index contributed by atoms with van der Waals surface area (Å²) in [4.78, 5) is 15.9. The molecule has 4 nitrogen and oxygen atoms in total. The standard InChI is InChI=1S/C14H26N2O2/c1-10-8-12(9-11(2)15(10)6)16(7)13(17)18-14(3,4)5/h8,11-12H,9H2,1-7H3. The molecule has 18 heavy (non-hydrogen) atoms. The van der Waals surface area contributed by atoms with Gasteiger partial charge in [0.25, 0.3) is 0 Å². The zero-order chi connectivity index (χ0) is 14.1. The van der Waals surface area contributed by atoms with Gasteiger partial charge in [0.2, 0.25) is 0 Å². The number of ether oxygens (including phenoxy) is 1. The first kappa shape index (κ1) is 14.9. The van der Waals surface area contributed by atoms with E-state index in [-0.39, 0.29) is 12.1 Å². The number of hydrogen-bond donors (Lipinski definition) is 0. The smallest absolute Gasteiger partial charge is 0.410 e. The van der Waals surface area contributed by atoms with Crippen LogP contribution < -0.4 is 0 Å². The molecule has 0 radical (unpaired) electrons. The molecule has 2 atom stereocenters. The van der Waals surface area contributed by atoms with Crippen molar-refractivity contribution < 1.29 is 9.53 Å². The third-order valence-electron chi connectivity index (χ3n) is 3.41. The number of rotatable bonds is 1. The van der Waals surface area contributed by atoms with Gasteiger partial charge in [-0.3, -0.25) is 0 Å². The summed E-state index contributed by atoms with van der Waals surface area (Å²) in [7, 11) is 3.89. The van der Waals surface area contributed by atoms with Gasteiger partial charge in [-0.25, -0.2) is 4.79 Å². The molecule has 1 amide bonds. The lowest BCUT2D eigenvalue weighted by molar-refractivity contribution is 0.0225. The van der Waals surface area contributed by atoms with Crippen LogP contribution in [0.3, 0.4) is 0 Å². The monoisotopic (exact) mass is 254 g/mol. The Morgan fingerprint density at radius 3 is 2.50 bits per heavy atom. The Labute approximate surface area is 111 Å². The highest BCUT2D eigenvalue weighted by Crippen LogP contribution is 2.23. The van der Waals surface area contributed by atoms with E-state index in [1.807, 2.05) is 20.8 Å². The SMILES string of the molecule is CC1=CC(N(C)C(=O)OC(C)(C)C)CC(C)N1C. The van der Waals surface area contributed by atoms with Gasteiger partial charge in [0.1, 0.15) is 5.60 Å². The highest BCUT2D eigenvalue weighted by molar-refractivity contribution is 5.68. The summed E-state index contributed by atoms with van der Waals surface area (Å²) in [5, 5.41) is 0. The molecule has 1 rings (SSSR count). The lowest BCUT2D eigenvalue weighted by atomic mass is 10.00. The van der Waals surface area contributed by atoms with Crippen LogP contribution in [0, 0.1) is 0 Å². The second kappa shape index (κ2) is 5.21. The normalized spacial score (nSPS) is 24.6. The minimum Gasteiger partial charge on any atom is -0.444 e. The van der Waals surface area contributed by atoms with Crippen LogP contribution >= 0.6 is 0 Å². The highest BCUT2D eigenvalue weighted by Gasteiger charge is 2.29. The molecule has 4 heteroatoms. The number of carbonyl (C=O) groups is 1. The van der Waals surface area contributed by atoms with E-state index in [9.17, 15) is 4.79 Å². The number of allylic oxidation sites excluding steroid dienone is 1. The first-order valence-corrected chi connectivity index (χ1v) is 6.49. The second-order valence-corrected chi connectivity index (χ2v) is 6.16. The van der Waals surface area contributed by atoms with Crippen molar-refractivity contribution in [1.29, 1.82) is 0 Å². The Kier molecular flexibility index (Phi) is 4.30. The van der Waals surface area contributed by atoms with E-state index in [0.717, 1.165) is 6.42 Å². The van der Waals surface area contributed by atoms with Crippen molar-refractivity contribution >= 4 is 6.09 Å². The predicted molar refractivity (Wildman–Crippen MR) is 73.4 cm³/mol. The van der Waals surface area contributed by atoms with Crippen LogP contribution in [0.4, 0.5) is 4.79 Å². The quantitative estimate of drug-likeness (QED) is 0.721. The summed E-state index contributed by atoms with van der Waals surface area (Å²) in [5.41, 5.74) is 0.760. The fraction of sp³-hybridized carbons (Fsp3) is 0.786. The van der Waals surface area contributed by atoms with Gasteiger partial charge < -0.3 is 14.5 Å². The van der Waals surface area contributed by atoms with Crippen molar-refractivity contribution in [3.8, 4) is 0 Å². The van der Waals surface area contributed by atoms with Crippen molar-refractivity contribution in [3.63, 3.8) is 0 Å². The van der Waals surface area contributed by atoms with Crippen LogP contribution in [0.25, 0.3) is 0 Å². The van der Waals surface area contributed by atoms with E-state index in [1.54, 1.807) is 11.9 Å². The van der Waals surface area contributed by atoms with E-state index in [4.69, 9.17) is 4.74 Å². The summed E-state index contributed by atoms with van der Waals surface area (Å²) in [6, 6.07) is 0.552. The van der Waals surface area contributed by atoms with Gasteiger partial charge in [0.15, 0.2) is 0 Å². The van der Waals surface area contributed by atoms with Gasteiger partial charge in [-0.15, -0.1) is 0 Å². The molecule has 0 aromatic heterocycles. The molecular weight excluding hydrogens is 228 g/mol. The van der Waals surface area contributed by atoms with Crippen molar-refractivity contribution in [1.82, 2.24) is 9.80 Å². The van der Waals surface area contributed by atoms with E-state index in [2.05, 4.69) is 31.9 Å². The molecule has 1 aliphatic heterocycles. The van der Waals surface area contributed by atoms with Crippen LogP contribution in [0.2, 0.25) is 0 Å². The second-order valence-electron chi connectivity index (χ2n) is 6.16. The van der Waals surface area contributed by atoms with E-state index >= 15 is 0 Å². The predicted octanol–water partition coefficient (Wildman–Crippen LogP) is 2.85. The molecule has 0 saturated heterocycles. The molecule has 0 aromatic carbocycles. The van der Waals surface area contributed by atoms with Crippen LogP contribution in [-0.2, 0) is 4.74 Å². The van der Waals surface area contributed by atoms with Gasteiger partial charge in [-0.2, -0.15) is 0 Å². The molecule has 0 aromatic rings. The molecule has 0 fully saturated rings. The van der Waals surface area contributed by atoms with Crippen LogP contribution in [-0.4, -0.2) is 47.7 Å². The molecule has 1 heterocycles. The van der Waals surface area contributed by atoms with E-state index < -0.39 is 5.60 Å². The minimum absolute atomic E-state index is 0.117. The number of amides is 1. The van der Waals surface area contributed by atoms with Gasteiger partial charge in [-0.1, -0.05) is 0 Å². The lowest BCUT2D eigenvalue weighted by Crippen LogP contribution is -2.46. The molecule has 2 unspecified atom stereocenters. The van der Waals surface area contributed by atoms with Crippen molar-refractivity contribution in [2.45, 2.75) is 58.7 Å². The largest absolute Gasteiger partial charge is 0.444 e. The average molecular weight is 254 g/mol. The zero-order valence-electron chi connectivity index (χ0n) is 12.7. The number of hydrogen-bond acceptors (Lipinski definition) is 3. The molecule has 1 aliphatic rings. The van der Waals surface area contributed by atoms with Gasteiger partial charge in [0, 0.05) is 25.8 Å². The summed E-state index contributed by atoms with van der Waals surface area (Å²) in [6.07, 6.45) is 2.81. The third kappa shape index (κ3) is 3.65. The van der Waals surface area contributed by atoms with Crippen molar-refractivity contribution in [2.75, 3.05) is 14.1 Å². The zero-order valence-corrected chi connectivity index (χ0v) is 12.7. The highest BCUT2D eigenvalue weighted by atomic mass is 16.6. The Balaban J connectivity index is 2.73. The molecule has 104 valence electrons. The lowest BCUT2D eigenvalue weighted by Gasteiger charge is -2.39. The van der Waals surface area contributed by atoms with Gasteiger partial charge in [-0.05, 0) is 47.1 Å². The summed E-state index contributed by atoms with van der Waals surface area (Å²) < 4.78 is 5.39. The summed E-state index contributed by atoms with van der Waals surface area (Å²) in [5.74, 6) is 0. The van der Waals surface area contributed by atoms with Crippen molar-refractivity contribution in [2.24, 2.45) is 0 Å². The topological polar surface area (TPSA) is 32.8 Å². The van der Waals surface area contributed by atoms with Crippen LogP contribution in [0.1, 0.15) is 41.0 Å². The van der Waals surface area contributed by atoms with E-state index in [0.29, 0.717) is 6.04 Å². The summed E-state index contributed by atoms with van der Waals surface area (Å²) in [6.45, 7) is 9.91. The van der Waals surface area contributed by atoms with Crippen LogP contribution in [0.15, 0.2) is 11.8 Å². The minimum atomic E-state index is -0.443. The first-order valence-electron chi connectivity index (χ1n) is 6.49. The molecule has 0 aliphatic carbocycles. The first-order chi connectivity index (χ1) is 8.11. The fourth-order valence-corrected chi connectivity index (χ4v) is 2.06. The van der Waals surface area contributed by atoms with E-state index in [1.165, 1.54) is 5.70 Å². The Hall–Kier alpha value is -1.19. The molecular formula is C14H26N2O2. The number of nitrogens with zero attached hydrogens (tertiary/aromatic N) is 2. The molecule has 0 spiro atoms. The van der Waals surface area contributed by atoms with Crippen molar-refractivity contribution in [3.05, 3.63) is 11.8 Å². The average Bonchev–Trinajstić information content (AvgIpc) is 2.21. The Bertz CT molecular complexity index is 344. The maximum Gasteiger partial charge on any atom is 0.410 e. The fourth-order valence-electron chi connectivity index (χ4n) is 2.06. The third-order valence-corrected chi connectivity index (χ3v) is 3.41. The number of likely N-dealkylation sites (N-methyl/N-ethyl adjacent to an activating group) is 1. The Morgan fingerprint density at radius 2 is 2.06 bits per heavy atom.